The molecule has 1 aromatic heterocycles. The maximum atomic E-state index is 12.0. The van der Waals surface area contributed by atoms with Crippen molar-refractivity contribution in [1.29, 1.82) is 0 Å². The van der Waals surface area contributed by atoms with Crippen LogP contribution in [0.1, 0.15) is 10.5 Å². The van der Waals surface area contributed by atoms with Crippen LogP contribution in [-0.4, -0.2) is 10.9 Å². The largest absolute Gasteiger partial charge is 0.345 e. The molecule has 0 radical (unpaired) electrons. The summed E-state index contributed by atoms with van der Waals surface area (Å²) in [5.41, 5.74) is 1.07. The maximum Gasteiger partial charge on any atom is 0.272 e. The van der Waals surface area contributed by atoms with Crippen LogP contribution >= 0.6 is 68.4 Å². The van der Waals surface area contributed by atoms with Crippen LogP contribution in [0.4, 0.5) is 5.69 Å². The van der Waals surface area contributed by atoms with Crippen LogP contribution in [-0.2, 0) is 0 Å². The number of H-pyrrole nitrogens is 1. The molecule has 0 aliphatic heterocycles. The average molecular weight is 507 g/mol. The van der Waals surface area contributed by atoms with Crippen molar-refractivity contribution in [1.82, 2.24) is 4.98 Å². The Hall–Kier alpha value is 0.01000. The summed E-state index contributed by atoms with van der Waals surface area (Å²) in [6.07, 6.45) is 0. The Morgan fingerprint density at radius 1 is 1.11 bits per heavy atom. The molecule has 0 saturated heterocycles. The molecule has 2 rings (SSSR count). The Bertz CT molecular complexity index is 573. The summed E-state index contributed by atoms with van der Waals surface area (Å²) in [6.45, 7) is 0. The highest BCUT2D eigenvalue weighted by molar-refractivity contribution is 14.1. The number of hydrogen-bond acceptors (Lipinski definition) is 1. The summed E-state index contributed by atoms with van der Waals surface area (Å²) in [4.78, 5) is 15.0. The van der Waals surface area contributed by atoms with Crippen molar-refractivity contribution in [3.05, 3.63) is 47.3 Å². The third-order valence-electron chi connectivity index (χ3n) is 2.09. The Labute approximate surface area is 141 Å². The van der Waals surface area contributed by atoms with Gasteiger partial charge in [0.05, 0.1) is 3.70 Å². The van der Waals surface area contributed by atoms with Crippen molar-refractivity contribution in [2.75, 3.05) is 5.32 Å². The molecule has 1 amide bonds. The van der Waals surface area contributed by atoms with E-state index in [2.05, 4.69) is 55.5 Å². The van der Waals surface area contributed by atoms with E-state index in [1.807, 2.05) is 0 Å². The first kappa shape index (κ1) is 14.4. The number of benzene rings is 1. The number of hydrogen-bond donors (Lipinski definition) is 2. The van der Waals surface area contributed by atoms with Crippen LogP contribution in [0, 0.1) is 7.27 Å². The van der Waals surface area contributed by atoms with Gasteiger partial charge in [0, 0.05) is 19.3 Å². The van der Waals surface area contributed by atoms with Gasteiger partial charge in [-0.25, -0.2) is 0 Å². The van der Waals surface area contributed by atoms with E-state index in [9.17, 15) is 4.79 Å². The topological polar surface area (TPSA) is 44.9 Å². The lowest BCUT2D eigenvalue weighted by molar-refractivity contribution is 0.102. The summed E-state index contributed by atoms with van der Waals surface area (Å²) < 4.78 is 1.94. The van der Waals surface area contributed by atoms with Gasteiger partial charge in [0.15, 0.2) is 0 Å². The van der Waals surface area contributed by atoms with Gasteiger partial charge < -0.3 is 10.3 Å². The van der Waals surface area contributed by atoms with Gasteiger partial charge >= 0.3 is 0 Å². The molecule has 0 unspecified atom stereocenters. The molecule has 2 aromatic rings. The van der Waals surface area contributed by atoms with Crippen LogP contribution in [0.2, 0.25) is 10.0 Å². The third-order valence-corrected chi connectivity index (χ3v) is 5.26. The fraction of sp³-hybridized carbons (Fsp3) is 0. The summed E-state index contributed by atoms with van der Waals surface area (Å²) >= 11 is 16.0. The van der Waals surface area contributed by atoms with E-state index in [4.69, 9.17) is 23.2 Å². The number of aromatic amines is 1. The first-order valence-electron chi connectivity index (χ1n) is 4.77. The molecule has 0 bridgehead atoms. The fourth-order valence-electron chi connectivity index (χ4n) is 1.35. The minimum absolute atomic E-state index is 0.228. The SMILES string of the molecule is O=C(Nc1cc(Cl)cc(Cl)c1)c1cc(I)c(I)[nH]1. The molecule has 0 aliphatic carbocycles. The van der Waals surface area contributed by atoms with Crippen molar-refractivity contribution in [3.8, 4) is 0 Å². The van der Waals surface area contributed by atoms with Crippen LogP contribution in [0.15, 0.2) is 24.3 Å². The standard InChI is InChI=1S/C11H6Cl2I2N2O/c12-5-1-6(13)3-7(2-5)16-11(18)9-4-8(14)10(15)17-9/h1-4,17H,(H,16,18). The van der Waals surface area contributed by atoms with E-state index in [1.165, 1.54) is 0 Å². The normalized spacial score (nSPS) is 10.4. The fourth-order valence-corrected chi connectivity index (χ4v) is 2.77. The summed E-state index contributed by atoms with van der Waals surface area (Å²) in [7, 11) is 0. The zero-order chi connectivity index (χ0) is 13.3. The van der Waals surface area contributed by atoms with Crippen LogP contribution in [0.5, 0.6) is 0 Å². The van der Waals surface area contributed by atoms with Gasteiger partial charge in [-0.3, -0.25) is 4.79 Å². The lowest BCUT2D eigenvalue weighted by Crippen LogP contribution is -2.12. The molecule has 0 fully saturated rings. The molecule has 1 heterocycles. The lowest BCUT2D eigenvalue weighted by Gasteiger charge is -2.04. The van der Waals surface area contributed by atoms with E-state index in [0.717, 1.165) is 7.27 Å². The van der Waals surface area contributed by atoms with Gasteiger partial charge in [-0.2, -0.15) is 0 Å². The highest BCUT2D eigenvalue weighted by atomic mass is 127. The van der Waals surface area contributed by atoms with Gasteiger partial charge in [-0.05, 0) is 69.4 Å². The minimum Gasteiger partial charge on any atom is -0.345 e. The molecule has 1 aromatic carbocycles. The molecule has 0 spiro atoms. The lowest BCUT2D eigenvalue weighted by atomic mass is 10.3. The summed E-state index contributed by atoms with van der Waals surface area (Å²) in [5.74, 6) is -0.228. The molecule has 2 N–H and O–H groups in total. The van der Waals surface area contributed by atoms with E-state index in [-0.39, 0.29) is 5.91 Å². The second-order valence-electron chi connectivity index (χ2n) is 3.46. The highest BCUT2D eigenvalue weighted by Gasteiger charge is 2.11. The molecule has 0 aliphatic rings. The monoisotopic (exact) mass is 506 g/mol. The van der Waals surface area contributed by atoms with Crippen molar-refractivity contribution < 1.29 is 4.79 Å². The predicted octanol–water partition coefficient (Wildman–Crippen LogP) is 4.78. The van der Waals surface area contributed by atoms with E-state index < -0.39 is 0 Å². The number of carbonyl (C=O) groups excluding carboxylic acids is 1. The predicted molar refractivity (Wildman–Crippen MR) is 90.6 cm³/mol. The zero-order valence-corrected chi connectivity index (χ0v) is 14.6. The molecule has 0 atom stereocenters. The Kier molecular flexibility index (Phi) is 4.79. The number of aromatic nitrogens is 1. The Morgan fingerprint density at radius 2 is 1.72 bits per heavy atom. The van der Waals surface area contributed by atoms with Gasteiger partial charge in [0.2, 0.25) is 0 Å². The van der Waals surface area contributed by atoms with Crippen molar-refractivity contribution in [3.63, 3.8) is 0 Å². The number of nitrogens with one attached hydrogen (secondary N) is 2. The molecular formula is C11H6Cl2I2N2O. The van der Waals surface area contributed by atoms with Crippen LogP contribution in [0.3, 0.4) is 0 Å². The van der Waals surface area contributed by atoms with Crippen LogP contribution < -0.4 is 5.32 Å². The van der Waals surface area contributed by atoms with Crippen LogP contribution in [0.25, 0.3) is 0 Å². The second-order valence-corrected chi connectivity index (χ2v) is 6.57. The first-order chi connectivity index (χ1) is 8.45. The first-order valence-corrected chi connectivity index (χ1v) is 7.68. The van der Waals surface area contributed by atoms with E-state index in [1.54, 1.807) is 24.3 Å². The van der Waals surface area contributed by atoms with Gasteiger partial charge in [-0.15, -0.1) is 0 Å². The average Bonchev–Trinajstić information content (AvgIpc) is 2.57. The molecular weight excluding hydrogens is 501 g/mol. The number of halogens is 4. The molecule has 0 saturated carbocycles. The third kappa shape index (κ3) is 3.52. The Morgan fingerprint density at radius 3 is 2.22 bits per heavy atom. The van der Waals surface area contributed by atoms with Gasteiger partial charge in [-0.1, -0.05) is 23.2 Å². The summed E-state index contributed by atoms with van der Waals surface area (Å²) in [5, 5.41) is 3.69. The summed E-state index contributed by atoms with van der Waals surface area (Å²) in [6, 6.07) is 6.68. The van der Waals surface area contributed by atoms with Crippen molar-refractivity contribution >= 4 is 80.0 Å². The van der Waals surface area contributed by atoms with Gasteiger partial charge in [0.1, 0.15) is 5.69 Å². The number of amides is 1. The highest BCUT2D eigenvalue weighted by Crippen LogP contribution is 2.23. The quantitative estimate of drug-likeness (QED) is 0.566. The number of carbonyl (C=O) groups is 1. The Balaban J connectivity index is 2.21. The molecule has 94 valence electrons. The maximum absolute atomic E-state index is 12.0. The zero-order valence-electron chi connectivity index (χ0n) is 8.73. The van der Waals surface area contributed by atoms with Crippen molar-refractivity contribution in [2.45, 2.75) is 0 Å². The minimum atomic E-state index is -0.228. The molecule has 18 heavy (non-hydrogen) atoms. The van der Waals surface area contributed by atoms with Gasteiger partial charge in [0.25, 0.3) is 5.91 Å². The smallest absolute Gasteiger partial charge is 0.272 e. The molecule has 3 nitrogen and oxygen atoms in total. The number of rotatable bonds is 2. The second kappa shape index (κ2) is 5.98. The van der Waals surface area contributed by atoms with E-state index in [0.29, 0.717) is 21.4 Å². The number of anilines is 1. The van der Waals surface area contributed by atoms with Crippen molar-refractivity contribution in [2.24, 2.45) is 0 Å². The van der Waals surface area contributed by atoms with E-state index >= 15 is 0 Å². The molecule has 7 heteroatoms.